The summed E-state index contributed by atoms with van der Waals surface area (Å²) in [6.45, 7) is 6.85. The standard InChI is InChI=1S/C19H27N3O4/c1-19(2,3)26-18(25)21-10-9-20-17(24)15-11-16(23)22(13-15)12-14-7-5-4-6-8-14/h4-8,15H,9-13H2,1-3H3,(H,20,24)(H,21,25). The molecule has 1 atom stereocenters. The summed E-state index contributed by atoms with van der Waals surface area (Å²) in [5, 5.41) is 5.34. The summed E-state index contributed by atoms with van der Waals surface area (Å²) in [4.78, 5) is 37.6. The molecule has 1 aromatic rings. The van der Waals surface area contributed by atoms with Gasteiger partial charge in [0.15, 0.2) is 0 Å². The fraction of sp³-hybridized carbons (Fsp3) is 0.526. The van der Waals surface area contributed by atoms with Gasteiger partial charge in [-0.1, -0.05) is 30.3 Å². The highest BCUT2D eigenvalue weighted by Gasteiger charge is 2.34. The van der Waals surface area contributed by atoms with Crippen molar-refractivity contribution in [3.63, 3.8) is 0 Å². The third kappa shape index (κ3) is 6.38. The third-order valence-corrected chi connectivity index (χ3v) is 3.89. The molecule has 7 heteroatoms. The van der Waals surface area contributed by atoms with Gasteiger partial charge in [-0.25, -0.2) is 4.79 Å². The fourth-order valence-electron chi connectivity index (χ4n) is 2.71. The van der Waals surface area contributed by atoms with Crippen LogP contribution in [-0.2, 0) is 20.9 Å². The van der Waals surface area contributed by atoms with Gasteiger partial charge in [-0.15, -0.1) is 0 Å². The Balaban J connectivity index is 1.70. The molecule has 1 saturated heterocycles. The molecule has 2 N–H and O–H groups in total. The van der Waals surface area contributed by atoms with E-state index in [2.05, 4.69) is 10.6 Å². The summed E-state index contributed by atoms with van der Waals surface area (Å²) < 4.78 is 5.12. The first-order valence-electron chi connectivity index (χ1n) is 8.81. The second-order valence-corrected chi connectivity index (χ2v) is 7.38. The lowest BCUT2D eigenvalue weighted by atomic mass is 10.1. The monoisotopic (exact) mass is 361 g/mol. The van der Waals surface area contributed by atoms with E-state index in [0.717, 1.165) is 5.56 Å². The van der Waals surface area contributed by atoms with E-state index in [-0.39, 0.29) is 30.7 Å². The number of carbonyl (C=O) groups is 3. The molecule has 3 amide bonds. The number of hydrogen-bond acceptors (Lipinski definition) is 4. The maximum atomic E-state index is 12.2. The molecule has 1 heterocycles. The first-order chi connectivity index (χ1) is 12.2. The predicted molar refractivity (Wildman–Crippen MR) is 97.2 cm³/mol. The molecule has 26 heavy (non-hydrogen) atoms. The van der Waals surface area contributed by atoms with Crippen LogP contribution >= 0.6 is 0 Å². The zero-order valence-corrected chi connectivity index (χ0v) is 15.6. The van der Waals surface area contributed by atoms with Gasteiger partial charge < -0.3 is 20.3 Å². The maximum absolute atomic E-state index is 12.2. The molecule has 1 unspecified atom stereocenters. The fourth-order valence-corrected chi connectivity index (χ4v) is 2.71. The number of alkyl carbamates (subject to hydrolysis) is 1. The average Bonchev–Trinajstić information content (AvgIpc) is 2.92. The largest absolute Gasteiger partial charge is 0.444 e. The molecular weight excluding hydrogens is 334 g/mol. The quantitative estimate of drug-likeness (QED) is 0.755. The summed E-state index contributed by atoms with van der Waals surface area (Å²) in [6, 6.07) is 9.71. The van der Waals surface area contributed by atoms with Crippen LogP contribution in [0.3, 0.4) is 0 Å². The molecule has 1 aliphatic heterocycles. The molecule has 7 nitrogen and oxygen atoms in total. The highest BCUT2D eigenvalue weighted by Crippen LogP contribution is 2.20. The number of carbonyl (C=O) groups excluding carboxylic acids is 3. The van der Waals surface area contributed by atoms with Gasteiger partial charge in [-0.05, 0) is 26.3 Å². The Bertz CT molecular complexity index is 640. The van der Waals surface area contributed by atoms with Crippen LogP contribution in [0.1, 0.15) is 32.8 Å². The molecule has 2 rings (SSSR count). The van der Waals surface area contributed by atoms with E-state index in [4.69, 9.17) is 4.74 Å². The summed E-state index contributed by atoms with van der Waals surface area (Å²) in [6.07, 6.45) is -0.296. The zero-order chi connectivity index (χ0) is 19.2. The lowest BCUT2D eigenvalue weighted by Crippen LogP contribution is -2.40. The molecule has 0 saturated carbocycles. The number of amides is 3. The van der Waals surface area contributed by atoms with Gasteiger partial charge >= 0.3 is 6.09 Å². The van der Waals surface area contributed by atoms with Crippen LogP contribution in [0.4, 0.5) is 4.79 Å². The molecule has 0 aliphatic carbocycles. The zero-order valence-electron chi connectivity index (χ0n) is 15.6. The summed E-state index contributed by atoms with van der Waals surface area (Å²) in [7, 11) is 0. The third-order valence-electron chi connectivity index (χ3n) is 3.89. The maximum Gasteiger partial charge on any atom is 0.407 e. The Morgan fingerprint density at radius 1 is 1.15 bits per heavy atom. The number of nitrogens with one attached hydrogen (secondary N) is 2. The van der Waals surface area contributed by atoms with E-state index in [1.807, 2.05) is 30.3 Å². The minimum Gasteiger partial charge on any atom is -0.444 e. The Hall–Kier alpha value is -2.57. The number of nitrogens with zero attached hydrogens (tertiary/aromatic N) is 1. The first kappa shape index (κ1) is 19.8. The Morgan fingerprint density at radius 2 is 1.81 bits per heavy atom. The molecule has 0 aromatic heterocycles. The number of hydrogen-bond donors (Lipinski definition) is 2. The normalized spacial score (nSPS) is 17.1. The van der Waals surface area contributed by atoms with Crippen molar-refractivity contribution in [2.75, 3.05) is 19.6 Å². The number of ether oxygens (including phenoxy) is 1. The minimum absolute atomic E-state index is 0.0131. The number of benzene rings is 1. The van der Waals surface area contributed by atoms with Gasteiger partial charge in [0.25, 0.3) is 0 Å². The molecule has 142 valence electrons. The molecule has 0 bridgehead atoms. The van der Waals surface area contributed by atoms with Crippen molar-refractivity contribution < 1.29 is 19.1 Å². The molecule has 1 fully saturated rings. The first-order valence-corrected chi connectivity index (χ1v) is 8.81. The van der Waals surface area contributed by atoms with E-state index in [0.29, 0.717) is 19.6 Å². The van der Waals surface area contributed by atoms with Crippen LogP contribution in [0.5, 0.6) is 0 Å². The molecule has 0 spiro atoms. The second kappa shape index (κ2) is 8.69. The summed E-state index contributed by atoms with van der Waals surface area (Å²) in [5.41, 5.74) is 0.489. The van der Waals surface area contributed by atoms with Crippen LogP contribution in [-0.4, -0.2) is 48.0 Å². The highest BCUT2D eigenvalue weighted by molar-refractivity contribution is 5.89. The average molecular weight is 361 g/mol. The summed E-state index contributed by atoms with van der Waals surface area (Å²) in [5.74, 6) is -0.534. The Morgan fingerprint density at radius 3 is 2.46 bits per heavy atom. The predicted octanol–water partition coefficient (Wildman–Crippen LogP) is 1.68. The second-order valence-electron chi connectivity index (χ2n) is 7.38. The minimum atomic E-state index is -0.556. The summed E-state index contributed by atoms with van der Waals surface area (Å²) >= 11 is 0. The van der Waals surface area contributed by atoms with Gasteiger partial charge in [0.05, 0.1) is 5.92 Å². The number of rotatable bonds is 6. The van der Waals surface area contributed by atoms with Crippen LogP contribution in [0.2, 0.25) is 0 Å². The smallest absolute Gasteiger partial charge is 0.407 e. The van der Waals surface area contributed by atoms with Crippen LogP contribution in [0.25, 0.3) is 0 Å². The molecule has 0 radical (unpaired) electrons. The molecule has 1 aliphatic rings. The SMILES string of the molecule is CC(C)(C)OC(=O)NCCNC(=O)C1CC(=O)N(Cc2ccccc2)C1. The van der Waals surface area contributed by atoms with Gasteiger partial charge in [0.1, 0.15) is 5.60 Å². The van der Waals surface area contributed by atoms with Crippen molar-refractivity contribution in [1.29, 1.82) is 0 Å². The number of likely N-dealkylation sites (tertiary alicyclic amines) is 1. The van der Waals surface area contributed by atoms with Crippen LogP contribution in [0.15, 0.2) is 30.3 Å². The van der Waals surface area contributed by atoms with Gasteiger partial charge in [0, 0.05) is 32.6 Å². The highest BCUT2D eigenvalue weighted by atomic mass is 16.6. The van der Waals surface area contributed by atoms with Gasteiger partial charge in [-0.2, -0.15) is 0 Å². The van der Waals surface area contributed by atoms with Gasteiger partial charge in [-0.3, -0.25) is 9.59 Å². The molecule has 1 aromatic carbocycles. The van der Waals surface area contributed by atoms with E-state index in [1.165, 1.54) is 0 Å². The van der Waals surface area contributed by atoms with Crippen molar-refractivity contribution in [1.82, 2.24) is 15.5 Å². The topological polar surface area (TPSA) is 87.7 Å². The van der Waals surface area contributed by atoms with E-state index >= 15 is 0 Å². The van der Waals surface area contributed by atoms with Crippen LogP contribution < -0.4 is 10.6 Å². The lowest BCUT2D eigenvalue weighted by molar-refractivity contribution is -0.129. The van der Waals surface area contributed by atoms with Crippen LogP contribution in [0, 0.1) is 5.92 Å². The van der Waals surface area contributed by atoms with Crippen molar-refractivity contribution in [3.05, 3.63) is 35.9 Å². The Kier molecular flexibility index (Phi) is 6.60. The van der Waals surface area contributed by atoms with Crippen molar-refractivity contribution >= 4 is 17.9 Å². The van der Waals surface area contributed by atoms with E-state index in [9.17, 15) is 14.4 Å². The van der Waals surface area contributed by atoms with Gasteiger partial charge in [0.2, 0.25) is 11.8 Å². The van der Waals surface area contributed by atoms with Crippen molar-refractivity contribution in [2.24, 2.45) is 5.92 Å². The molecular formula is C19H27N3O4. The van der Waals surface area contributed by atoms with E-state index < -0.39 is 11.7 Å². The lowest BCUT2D eigenvalue weighted by Gasteiger charge is -2.20. The Labute approximate surface area is 154 Å². The van der Waals surface area contributed by atoms with E-state index in [1.54, 1.807) is 25.7 Å². The van der Waals surface area contributed by atoms with Crippen molar-refractivity contribution in [2.45, 2.75) is 39.3 Å². The van der Waals surface area contributed by atoms with Crippen molar-refractivity contribution in [3.8, 4) is 0 Å².